The van der Waals surface area contributed by atoms with E-state index in [0.29, 0.717) is 5.56 Å². The SMILES string of the molecule is CC1(OCc2cccc(C#N)c2F)CNC1. The van der Waals surface area contributed by atoms with Gasteiger partial charge in [-0.05, 0) is 13.0 Å². The normalized spacial score (nSPS) is 17.6. The first-order valence-corrected chi connectivity index (χ1v) is 5.17. The van der Waals surface area contributed by atoms with Gasteiger partial charge in [-0.25, -0.2) is 4.39 Å². The summed E-state index contributed by atoms with van der Waals surface area (Å²) in [5.41, 5.74) is 0.305. The van der Waals surface area contributed by atoms with Gasteiger partial charge in [0.05, 0.1) is 17.8 Å². The minimum Gasteiger partial charge on any atom is -0.368 e. The van der Waals surface area contributed by atoms with E-state index < -0.39 is 5.82 Å². The second-order valence-corrected chi connectivity index (χ2v) is 4.23. The Morgan fingerprint density at radius 3 is 2.88 bits per heavy atom. The highest BCUT2D eigenvalue weighted by molar-refractivity contribution is 5.34. The van der Waals surface area contributed by atoms with Crippen LogP contribution in [0.1, 0.15) is 18.1 Å². The van der Waals surface area contributed by atoms with Crippen LogP contribution in [0.5, 0.6) is 0 Å². The number of hydrogen-bond donors (Lipinski definition) is 1. The molecular formula is C12H13FN2O. The lowest BCUT2D eigenvalue weighted by Crippen LogP contribution is -2.58. The zero-order valence-electron chi connectivity index (χ0n) is 9.09. The molecule has 0 aliphatic carbocycles. The van der Waals surface area contributed by atoms with E-state index in [9.17, 15) is 4.39 Å². The molecule has 0 amide bonds. The van der Waals surface area contributed by atoms with Gasteiger partial charge in [0.25, 0.3) is 0 Å². The van der Waals surface area contributed by atoms with Crippen LogP contribution in [-0.2, 0) is 11.3 Å². The lowest BCUT2D eigenvalue weighted by molar-refractivity contribution is -0.0775. The second kappa shape index (κ2) is 4.20. The van der Waals surface area contributed by atoms with Gasteiger partial charge in [-0.15, -0.1) is 0 Å². The molecule has 2 rings (SSSR count). The molecule has 0 aromatic heterocycles. The summed E-state index contributed by atoms with van der Waals surface area (Å²) in [7, 11) is 0. The van der Waals surface area contributed by atoms with Crippen molar-refractivity contribution in [3.05, 3.63) is 35.1 Å². The molecule has 1 aromatic rings. The summed E-state index contributed by atoms with van der Waals surface area (Å²) in [5, 5.41) is 11.8. The first-order chi connectivity index (χ1) is 7.64. The number of rotatable bonds is 3. The molecule has 0 saturated carbocycles. The third-order valence-electron chi connectivity index (χ3n) is 2.77. The Labute approximate surface area is 93.8 Å². The Kier molecular flexibility index (Phi) is 2.90. The van der Waals surface area contributed by atoms with Crippen molar-refractivity contribution in [3.63, 3.8) is 0 Å². The number of benzene rings is 1. The van der Waals surface area contributed by atoms with E-state index in [4.69, 9.17) is 10.00 Å². The zero-order valence-corrected chi connectivity index (χ0v) is 9.09. The highest BCUT2D eigenvalue weighted by Gasteiger charge is 2.32. The predicted molar refractivity (Wildman–Crippen MR) is 57.2 cm³/mol. The quantitative estimate of drug-likeness (QED) is 0.841. The van der Waals surface area contributed by atoms with Crippen LogP contribution in [0.15, 0.2) is 18.2 Å². The average Bonchev–Trinajstić information content (AvgIpc) is 2.25. The Morgan fingerprint density at radius 1 is 1.56 bits per heavy atom. The molecule has 1 aliphatic heterocycles. The van der Waals surface area contributed by atoms with Gasteiger partial charge in [-0.3, -0.25) is 0 Å². The highest BCUT2D eigenvalue weighted by atomic mass is 19.1. The van der Waals surface area contributed by atoms with E-state index in [1.54, 1.807) is 12.1 Å². The third-order valence-corrected chi connectivity index (χ3v) is 2.77. The van der Waals surface area contributed by atoms with Crippen molar-refractivity contribution >= 4 is 0 Å². The summed E-state index contributed by atoms with van der Waals surface area (Å²) in [5.74, 6) is -0.471. The van der Waals surface area contributed by atoms with Crippen LogP contribution >= 0.6 is 0 Å². The number of ether oxygens (including phenoxy) is 1. The molecule has 0 unspecified atom stereocenters. The largest absolute Gasteiger partial charge is 0.368 e. The van der Waals surface area contributed by atoms with E-state index in [1.807, 2.05) is 13.0 Å². The van der Waals surface area contributed by atoms with Crippen molar-refractivity contribution in [1.29, 1.82) is 5.26 Å². The molecule has 4 heteroatoms. The topological polar surface area (TPSA) is 45.0 Å². The molecule has 1 aliphatic rings. The van der Waals surface area contributed by atoms with Gasteiger partial charge in [-0.1, -0.05) is 12.1 Å². The van der Waals surface area contributed by atoms with Gasteiger partial charge in [-0.2, -0.15) is 5.26 Å². The molecule has 1 aromatic carbocycles. The van der Waals surface area contributed by atoms with Crippen LogP contribution < -0.4 is 5.32 Å². The van der Waals surface area contributed by atoms with Gasteiger partial charge in [0, 0.05) is 18.7 Å². The lowest BCUT2D eigenvalue weighted by Gasteiger charge is -2.39. The Balaban J connectivity index is 2.07. The number of nitrogens with zero attached hydrogens (tertiary/aromatic N) is 1. The molecule has 0 atom stereocenters. The van der Waals surface area contributed by atoms with Gasteiger partial charge in [0.1, 0.15) is 11.9 Å². The van der Waals surface area contributed by atoms with Crippen molar-refractivity contribution in [1.82, 2.24) is 5.32 Å². The molecular weight excluding hydrogens is 207 g/mol. The van der Waals surface area contributed by atoms with Crippen LogP contribution in [0.25, 0.3) is 0 Å². The van der Waals surface area contributed by atoms with E-state index in [-0.39, 0.29) is 17.8 Å². The fourth-order valence-corrected chi connectivity index (χ4v) is 1.61. The maximum absolute atomic E-state index is 13.7. The fourth-order valence-electron chi connectivity index (χ4n) is 1.61. The summed E-state index contributed by atoms with van der Waals surface area (Å²) in [6.07, 6.45) is 0. The minimum absolute atomic E-state index is 0.0676. The molecule has 1 N–H and O–H groups in total. The maximum atomic E-state index is 13.7. The first kappa shape index (κ1) is 11.1. The highest BCUT2D eigenvalue weighted by Crippen LogP contribution is 2.20. The Morgan fingerprint density at radius 2 is 2.31 bits per heavy atom. The van der Waals surface area contributed by atoms with Crippen molar-refractivity contribution in [3.8, 4) is 6.07 Å². The van der Waals surface area contributed by atoms with E-state index in [1.165, 1.54) is 6.07 Å². The molecule has 84 valence electrons. The number of nitrogens with one attached hydrogen (secondary N) is 1. The first-order valence-electron chi connectivity index (χ1n) is 5.17. The monoisotopic (exact) mass is 220 g/mol. The summed E-state index contributed by atoms with van der Waals surface area (Å²) in [4.78, 5) is 0. The van der Waals surface area contributed by atoms with E-state index >= 15 is 0 Å². The molecule has 0 spiro atoms. The van der Waals surface area contributed by atoms with E-state index in [0.717, 1.165) is 13.1 Å². The van der Waals surface area contributed by atoms with Crippen LogP contribution in [0.4, 0.5) is 4.39 Å². The smallest absolute Gasteiger partial charge is 0.146 e. The van der Waals surface area contributed by atoms with Gasteiger partial charge < -0.3 is 10.1 Å². The molecule has 16 heavy (non-hydrogen) atoms. The van der Waals surface area contributed by atoms with Crippen LogP contribution in [-0.4, -0.2) is 18.7 Å². The summed E-state index contributed by atoms with van der Waals surface area (Å²) >= 11 is 0. The Bertz CT molecular complexity index is 435. The van der Waals surface area contributed by atoms with Crippen molar-refractivity contribution in [2.75, 3.05) is 13.1 Å². The number of hydrogen-bond acceptors (Lipinski definition) is 3. The third kappa shape index (κ3) is 2.06. The standard InChI is InChI=1S/C12H13FN2O/c1-12(7-15-8-12)16-6-10-4-2-3-9(5-14)11(10)13/h2-4,15H,6-8H2,1H3. The van der Waals surface area contributed by atoms with Crippen molar-refractivity contribution < 1.29 is 9.13 Å². The van der Waals surface area contributed by atoms with E-state index in [2.05, 4.69) is 5.32 Å². The molecule has 3 nitrogen and oxygen atoms in total. The zero-order chi connectivity index (χ0) is 11.6. The van der Waals surface area contributed by atoms with Crippen molar-refractivity contribution in [2.24, 2.45) is 0 Å². The minimum atomic E-state index is -0.471. The fraction of sp³-hybridized carbons (Fsp3) is 0.417. The lowest BCUT2D eigenvalue weighted by atomic mass is 10.00. The van der Waals surface area contributed by atoms with Gasteiger partial charge in [0.15, 0.2) is 0 Å². The number of nitriles is 1. The van der Waals surface area contributed by atoms with Gasteiger partial charge >= 0.3 is 0 Å². The van der Waals surface area contributed by atoms with Crippen LogP contribution in [0, 0.1) is 17.1 Å². The van der Waals surface area contributed by atoms with Crippen LogP contribution in [0.3, 0.4) is 0 Å². The molecule has 1 saturated heterocycles. The summed E-state index contributed by atoms with van der Waals surface area (Å²) < 4.78 is 19.3. The maximum Gasteiger partial charge on any atom is 0.146 e. The second-order valence-electron chi connectivity index (χ2n) is 4.23. The Hall–Kier alpha value is -1.44. The molecule has 1 fully saturated rings. The van der Waals surface area contributed by atoms with Gasteiger partial charge in [0.2, 0.25) is 0 Å². The predicted octanol–water partition coefficient (Wildman–Crippen LogP) is 1.58. The summed E-state index contributed by atoms with van der Waals surface area (Å²) in [6.45, 7) is 3.76. The average molecular weight is 220 g/mol. The molecule has 1 heterocycles. The molecule has 0 bridgehead atoms. The summed E-state index contributed by atoms with van der Waals surface area (Å²) in [6, 6.07) is 6.59. The number of halogens is 1. The van der Waals surface area contributed by atoms with Crippen LogP contribution in [0.2, 0.25) is 0 Å². The van der Waals surface area contributed by atoms with Crippen molar-refractivity contribution in [2.45, 2.75) is 19.1 Å². The molecule has 0 radical (unpaired) electrons.